The van der Waals surface area contributed by atoms with E-state index in [0.29, 0.717) is 11.8 Å². The smallest absolute Gasteiger partial charge is 0.245 e. The molecule has 0 spiro atoms. The fourth-order valence-electron chi connectivity index (χ4n) is 5.73. The number of rotatable bonds is 5. The molecule has 4 saturated carbocycles. The van der Waals surface area contributed by atoms with E-state index in [1.54, 1.807) is 32.0 Å². The minimum atomic E-state index is -3.89. The van der Waals surface area contributed by atoms with Gasteiger partial charge in [0.25, 0.3) is 0 Å². The van der Waals surface area contributed by atoms with Gasteiger partial charge < -0.3 is 5.32 Å². The predicted octanol–water partition coefficient (Wildman–Crippen LogP) is 3.68. The lowest BCUT2D eigenvalue weighted by atomic mass is 9.54. The number of sulfonamides is 1. The summed E-state index contributed by atoms with van der Waals surface area (Å²) in [5, 5.41) is 3.40. The SMILES string of the molecule is CN(C(C)(C)C(=O)NC1C2CC3CC(C2)CC1C3)S(=O)(=O)c1ccccc1Cl. The molecule has 1 amide bonds. The van der Waals surface area contributed by atoms with Crippen molar-refractivity contribution in [1.29, 1.82) is 0 Å². The molecule has 1 aromatic rings. The highest BCUT2D eigenvalue weighted by molar-refractivity contribution is 7.89. The summed E-state index contributed by atoms with van der Waals surface area (Å²) in [5.74, 6) is 2.50. The van der Waals surface area contributed by atoms with Gasteiger partial charge in [0.1, 0.15) is 10.4 Å². The van der Waals surface area contributed by atoms with Gasteiger partial charge in [-0.3, -0.25) is 4.79 Å². The third-order valence-corrected chi connectivity index (χ3v) is 9.87. The Kier molecular flexibility index (Phi) is 5.04. The summed E-state index contributed by atoms with van der Waals surface area (Å²) >= 11 is 6.11. The largest absolute Gasteiger partial charge is 0.351 e. The Bertz CT molecular complexity index is 855. The first kappa shape index (κ1) is 20.2. The van der Waals surface area contributed by atoms with E-state index in [4.69, 9.17) is 11.6 Å². The summed E-state index contributed by atoms with van der Waals surface area (Å²) in [6.45, 7) is 3.32. The average Bonchev–Trinajstić information content (AvgIpc) is 2.63. The zero-order valence-electron chi connectivity index (χ0n) is 16.7. The number of hydrogen-bond acceptors (Lipinski definition) is 3. The highest BCUT2D eigenvalue weighted by Crippen LogP contribution is 2.53. The van der Waals surface area contributed by atoms with Gasteiger partial charge in [0.2, 0.25) is 15.9 Å². The van der Waals surface area contributed by atoms with Crippen LogP contribution in [0.3, 0.4) is 0 Å². The molecule has 0 radical (unpaired) electrons. The molecule has 4 fully saturated rings. The quantitative estimate of drug-likeness (QED) is 0.783. The van der Waals surface area contributed by atoms with Gasteiger partial charge in [-0.15, -0.1) is 0 Å². The number of carbonyl (C=O) groups excluding carboxylic acids is 1. The zero-order valence-corrected chi connectivity index (χ0v) is 18.3. The number of nitrogens with zero attached hydrogens (tertiary/aromatic N) is 1. The molecule has 5 rings (SSSR count). The van der Waals surface area contributed by atoms with Crippen LogP contribution in [0.4, 0.5) is 0 Å². The van der Waals surface area contributed by atoms with Gasteiger partial charge in [-0.25, -0.2) is 8.42 Å². The van der Waals surface area contributed by atoms with Crippen LogP contribution in [0, 0.1) is 23.7 Å². The molecule has 0 aromatic heterocycles. The van der Waals surface area contributed by atoms with E-state index in [2.05, 4.69) is 5.32 Å². The molecular weight excluding hydrogens is 396 g/mol. The third kappa shape index (κ3) is 3.27. The number of amides is 1. The van der Waals surface area contributed by atoms with Crippen LogP contribution in [-0.4, -0.2) is 37.3 Å². The standard InChI is InChI=1S/C21H29ClN2O3S/c1-21(2,24(3)28(26,27)18-7-5-4-6-17(18)22)20(25)23-19-15-9-13-8-14(11-15)12-16(19)10-13/h4-7,13-16,19H,8-12H2,1-3H3,(H,23,25). The Hall–Kier alpha value is -1.11. The van der Waals surface area contributed by atoms with Gasteiger partial charge in [-0.05, 0) is 81.8 Å². The van der Waals surface area contributed by atoms with Crippen LogP contribution in [0.25, 0.3) is 0 Å². The maximum atomic E-state index is 13.2. The Morgan fingerprint density at radius 1 is 1.07 bits per heavy atom. The van der Waals surface area contributed by atoms with Crippen LogP contribution in [0.15, 0.2) is 29.2 Å². The van der Waals surface area contributed by atoms with Crippen LogP contribution in [0.5, 0.6) is 0 Å². The molecule has 4 aliphatic carbocycles. The van der Waals surface area contributed by atoms with Crippen LogP contribution >= 0.6 is 11.6 Å². The van der Waals surface area contributed by atoms with Gasteiger partial charge in [0.15, 0.2) is 0 Å². The summed E-state index contributed by atoms with van der Waals surface area (Å²) < 4.78 is 27.4. The molecule has 28 heavy (non-hydrogen) atoms. The third-order valence-electron chi connectivity index (χ3n) is 7.34. The first-order chi connectivity index (χ1) is 13.1. The summed E-state index contributed by atoms with van der Waals surface area (Å²) in [6, 6.07) is 6.51. The number of halogens is 1. The van der Waals surface area contributed by atoms with Gasteiger partial charge in [-0.1, -0.05) is 23.7 Å². The number of benzene rings is 1. The van der Waals surface area contributed by atoms with Crippen molar-refractivity contribution in [3.05, 3.63) is 29.3 Å². The van der Waals surface area contributed by atoms with Crippen LogP contribution in [0.2, 0.25) is 5.02 Å². The number of nitrogens with one attached hydrogen (secondary N) is 1. The summed E-state index contributed by atoms with van der Waals surface area (Å²) in [5.41, 5.74) is -1.22. The Balaban J connectivity index is 1.53. The average molecular weight is 425 g/mol. The van der Waals surface area contributed by atoms with Gasteiger partial charge in [0.05, 0.1) is 5.02 Å². The molecular formula is C21H29ClN2O3S. The minimum Gasteiger partial charge on any atom is -0.351 e. The summed E-state index contributed by atoms with van der Waals surface area (Å²) in [4.78, 5) is 13.2. The lowest BCUT2D eigenvalue weighted by Gasteiger charge is -2.54. The van der Waals surface area contributed by atoms with Crippen molar-refractivity contribution < 1.29 is 13.2 Å². The normalized spacial score (nSPS) is 32.0. The summed E-state index contributed by atoms with van der Waals surface area (Å²) in [6.07, 6.45) is 6.16. The number of hydrogen-bond donors (Lipinski definition) is 1. The van der Waals surface area contributed by atoms with Crippen LogP contribution in [-0.2, 0) is 14.8 Å². The fourth-order valence-corrected chi connectivity index (χ4v) is 7.71. The Labute approximate surface area is 172 Å². The highest BCUT2D eigenvalue weighted by atomic mass is 35.5. The second-order valence-corrected chi connectivity index (χ2v) is 11.7. The fraction of sp³-hybridized carbons (Fsp3) is 0.667. The van der Waals surface area contributed by atoms with Crippen molar-refractivity contribution in [2.24, 2.45) is 23.7 Å². The monoisotopic (exact) mass is 424 g/mol. The molecule has 0 saturated heterocycles. The molecule has 4 bridgehead atoms. The Morgan fingerprint density at radius 3 is 2.14 bits per heavy atom. The molecule has 0 aliphatic heterocycles. The summed E-state index contributed by atoms with van der Waals surface area (Å²) in [7, 11) is -2.44. The van der Waals surface area contributed by atoms with Crippen molar-refractivity contribution in [2.45, 2.75) is 62.4 Å². The minimum absolute atomic E-state index is 0.0228. The van der Waals surface area contributed by atoms with Crippen molar-refractivity contribution in [2.75, 3.05) is 7.05 Å². The van der Waals surface area contributed by atoms with Crippen molar-refractivity contribution in [1.82, 2.24) is 9.62 Å². The molecule has 154 valence electrons. The van der Waals surface area contributed by atoms with E-state index in [9.17, 15) is 13.2 Å². The highest BCUT2D eigenvalue weighted by Gasteiger charge is 2.50. The molecule has 0 heterocycles. The van der Waals surface area contributed by atoms with E-state index in [1.807, 2.05) is 0 Å². The van der Waals surface area contributed by atoms with Gasteiger partial charge in [-0.2, -0.15) is 4.31 Å². The van der Waals surface area contributed by atoms with Crippen LogP contribution < -0.4 is 5.32 Å². The first-order valence-corrected chi connectivity index (χ1v) is 12.0. The van der Waals surface area contributed by atoms with E-state index in [-0.39, 0.29) is 21.9 Å². The zero-order chi connectivity index (χ0) is 20.3. The Morgan fingerprint density at radius 2 is 1.61 bits per heavy atom. The number of carbonyl (C=O) groups is 1. The van der Waals surface area contributed by atoms with E-state index in [1.165, 1.54) is 45.2 Å². The van der Waals surface area contributed by atoms with Gasteiger partial charge in [0, 0.05) is 13.1 Å². The van der Waals surface area contributed by atoms with Crippen molar-refractivity contribution in [3.8, 4) is 0 Å². The molecule has 1 N–H and O–H groups in total. The maximum absolute atomic E-state index is 13.2. The molecule has 4 aliphatic rings. The molecule has 5 nitrogen and oxygen atoms in total. The molecule has 0 unspecified atom stereocenters. The first-order valence-electron chi connectivity index (χ1n) is 10.1. The van der Waals surface area contributed by atoms with Gasteiger partial charge >= 0.3 is 0 Å². The van der Waals surface area contributed by atoms with E-state index in [0.717, 1.165) is 16.1 Å². The van der Waals surface area contributed by atoms with E-state index >= 15 is 0 Å². The topological polar surface area (TPSA) is 66.5 Å². The molecule has 0 atom stereocenters. The number of likely N-dealkylation sites (N-methyl/N-ethyl adjacent to an activating group) is 1. The second-order valence-electron chi connectivity index (χ2n) is 9.39. The molecule has 7 heteroatoms. The van der Waals surface area contributed by atoms with Crippen LogP contribution in [0.1, 0.15) is 46.0 Å². The molecule has 1 aromatic carbocycles. The van der Waals surface area contributed by atoms with E-state index < -0.39 is 15.6 Å². The predicted molar refractivity (Wildman–Crippen MR) is 109 cm³/mol. The second kappa shape index (κ2) is 6.99. The van der Waals surface area contributed by atoms with Crippen molar-refractivity contribution >= 4 is 27.5 Å². The van der Waals surface area contributed by atoms with Crippen molar-refractivity contribution in [3.63, 3.8) is 0 Å². The lowest BCUT2D eigenvalue weighted by Crippen LogP contribution is -2.62. The maximum Gasteiger partial charge on any atom is 0.245 e. The lowest BCUT2D eigenvalue weighted by molar-refractivity contribution is -0.132.